The summed E-state index contributed by atoms with van der Waals surface area (Å²) < 4.78 is 16.1. The predicted octanol–water partition coefficient (Wildman–Crippen LogP) is -5.27. The molecule has 1 aliphatic rings. The molecular formula is C31H58N13O12P. The standard InChI is InChI=1S/C31H58N13O12P/c1-15(2)22(27(49)40-17(4)29(51)52)43-26(48)21-10-7-13-44(21)28(50)20(14-56-57(53,54)55)42-23(45)16(3)39-25(47)19(9-6-12-38-31(35)36)41-24(46)18(32)8-5-11-37-30(33)34/h15-22H,5-14,32H2,1-4H3,(H,39,47)(H,40,49)(H,41,46)(H,42,45)(H,43,48)(H,51,52)(H4,33,34,37)(H4,35,36,38)(H2,53,54,55)/t16-,17-,18-,19-,20-,21-,22-/m0/s1. The van der Waals surface area contributed by atoms with Gasteiger partial charge in [-0.2, -0.15) is 0 Å². The lowest BCUT2D eigenvalue weighted by atomic mass is 10.0. The number of rotatable bonds is 24. The van der Waals surface area contributed by atoms with Crippen LogP contribution in [0.1, 0.15) is 66.2 Å². The third-order valence-corrected chi connectivity index (χ3v) is 8.96. The van der Waals surface area contributed by atoms with Gasteiger partial charge >= 0.3 is 13.8 Å². The average Bonchev–Trinajstić information content (AvgIpc) is 3.60. The van der Waals surface area contributed by atoms with E-state index in [0.717, 1.165) is 4.90 Å². The molecule has 0 radical (unpaired) electrons. The Labute approximate surface area is 329 Å². The van der Waals surface area contributed by atoms with Crippen molar-refractivity contribution in [3.63, 3.8) is 0 Å². The van der Waals surface area contributed by atoms with E-state index in [1.165, 1.54) is 13.8 Å². The molecule has 0 aliphatic carbocycles. The maximum absolute atomic E-state index is 13.8. The third-order valence-electron chi connectivity index (χ3n) is 8.47. The molecule has 0 unspecified atom stereocenters. The van der Waals surface area contributed by atoms with Gasteiger partial charge in [-0.15, -0.1) is 0 Å². The first-order valence-electron chi connectivity index (χ1n) is 18.1. The van der Waals surface area contributed by atoms with Crippen LogP contribution in [0.15, 0.2) is 9.98 Å². The normalized spacial score (nSPS) is 17.1. The van der Waals surface area contributed by atoms with E-state index in [9.17, 15) is 47.9 Å². The number of likely N-dealkylation sites (tertiary alicyclic amines) is 1. The van der Waals surface area contributed by atoms with E-state index in [1.807, 2.05) is 0 Å². The quantitative estimate of drug-likeness (QED) is 0.0187. The first-order chi connectivity index (χ1) is 26.4. The fourth-order valence-corrected chi connectivity index (χ4v) is 5.72. The molecule has 1 aliphatic heterocycles. The molecule has 26 heteroatoms. The summed E-state index contributed by atoms with van der Waals surface area (Å²) >= 11 is 0. The number of nitrogens with zero attached hydrogens (tertiary/aromatic N) is 3. The number of phosphoric acid groups is 1. The number of carboxylic acid groups (broad SMARTS) is 1. The van der Waals surface area contributed by atoms with Gasteiger partial charge in [-0.3, -0.25) is 48.1 Å². The smallest absolute Gasteiger partial charge is 0.469 e. The highest BCUT2D eigenvalue weighted by Gasteiger charge is 2.40. The summed E-state index contributed by atoms with van der Waals surface area (Å²) in [5, 5.41) is 21.2. The lowest BCUT2D eigenvalue weighted by Gasteiger charge is -2.31. The summed E-state index contributed by atoms with van der Waals surface area (Å²) in [5.74, 6) is -7.22. The minimum absolute atomic E-state index is 0.00300. The van der Waals surface area contributed by atoms with Crippen molar-refractivity contribution < 1.29 is 57.5 Å². The zero-order chi connectivity index (χ0) is 43.6. The molecule has 7 atom stereocenters. The van der Waals surface area contributed by atoms with Gasteiger partial charge in [0.1, 0.15) is 36.3 Å². The van der Waals surface area contributed by atoms with Crippen molar-refractivity contribution in [1.82, 2.24) is 31.5 Å². The van der Waals surface area contributed by atoms with Crippen LogP contribution in [-0.4, -0.2) is 142 Å². The molecule has 57 heavy (non-hydrogen) atoms. The fraction of sp³-hybridized carbons (Fsp3) is 0.710. The lowest BCUT2D eigenvalue weighted by Crippen LogP contribution is -2.60. The second kappa shape index (κ2) is 23.8. The third kappa shape index (κ3) is 18.6. The van der Waals surface area contributed by atoms with Crippen LogP contribution in [0.5, 0.6) is 0 Å². The van der Waals surface area contributed by atoms with Crippen LogP contribution in [0.4, 0.5) is 0 Å². The van der Waals surface area contributed by atoms with Crippen LogP contribution < -0.4 is 55.3 Å². The van der Waals surface area contributed by atoms with E-state index in [4.69, 9.17) is 33.8 Å². The number of amides is 6. The minimum Gasteiger partial charge on any atom is -0.480 e. The lowest BCUT2D eigenvalue weighted by molar-refractivity contribution is -0.144. The number of phosphoric ester groups is 1. The zero-order valence-corrected chi connectivity index (χ0v) is 33.3. The first-order valence-corrected chi connectivity index (χ1v) is 19.6. The molecule has 1 saturated heterocycles. The predicted molar refractivity (Wildman–Crippen MR) is 204 cm³/mol. The Morgan fingerprint density at radius 2 is 1.32 bits per heavy atom. The number of hydrogen-bond donors (Lipinski definition) is 13. The molecule has 1 fully saturated rings. The highest BCUT2D eigenvalue weighted by molar-refractivity contribution is 7.46. The van der Waals surface area contributed by atoms with Gasteiger partial charge in [0.2, 0.25) is 35.4 Å². The molecular weight excluding hydrogens is 777 g/mol. The second-order valence-electron chi connectivity index (χ2n) is 13.6. The van der Waals surface area contributed by atoms with E-state index in [0.29, 0.717) is 12.8 Å². The monoisotopic (exact) mass is 835 g/mol. The maximum atomic E-state index is 13.8. The van der Waals surface area contributed by atoms with E-state index >= 15 is 0 Å². The summed E-state index contributed by atoms with van der Waals surface area (Å²) in [7, 11) is -5.19. The molecule has 0 bridgehead atoms. The van der Waals surface area contributed by atoms with Gasteiger partial charge in [-0.25, -0.2) is 4.57 Å². The SMILES string of the molecule is CC(C)[C@H](NC(=O)[C@@H]1CCCN1C(=O)[C@H](COP(=O)(O)O)NC(=O)[C@H](C)NC(=O)[C@H](CCCN=C(N)N)NC(=O)[C@@H](N)CCCN=C(N)N)C(=O)N[C@@H](C)C(=O)O. The van der Waals surface area contributed by atoms with Crippen LogP contribution in [-0.2, 0) is 42.7 Å². The van der Waals surface area contributed by atoms with Gasteiger partial charge in [0.25, 0.3) is 0 Å². The molecule has 18 N–H and O–H groups in total. The van der Waals surface area contributed by atoms with Crippen LogP contribution in [0.25, 0.3) is 0 Å². The largest absolute Gasteiger partial charge is 0.480 e. The molecule has 1 rings (SSSR count). The Bertz CT molecular complexity index is 1530. The number of aliphatic carboxylic acids is 1. The van der Waals surface area contributed by atoms with Crippen molar-refractivity contribution in [3.8, 4) is 0 Å². The summed E-state index contributed by atoms with van der Waals surface area (Å²) in [4.78, 5) is 118. The number of carboxylic acids is 1. The summed E-state index contributed by atoms with van der Waals surface area (Å²) in [6, 6.07) is -9.15. The van der Waals surface area contributed by atoms with E-state index in [1.54, 1.807) is 13.8 Å². The molecule has 0 aromatic carbocycles. The number of nitrogens with one attached hydrogen (secondary N) is 5. The number of guanidine groups is 2. The van der Waals surface area contributed by atoms with Crippen molar-refractivity contribution >= 4 is 61.2 Å². The van der Waals surface area contributed by atoms with Crippen molar-refractivity contribution in [2.45, 2.75) is 109 Å². The molecule has 0 aromatic heterocycles. The van der Waals surface area contributed by atoms with Gasteiger partial charge in [0.15, 0.2) is 11.9 Å². The molecule has 0 saturated carbocycles. The van der Waals surface area contributed by atoms with Crippen molar-refractivity contribution in [1.29, 1.82) is 0 Å². The Hall–Kier alpha value is -5.10. The van der Waals surface area contributed by atoms with E-state index in [2.05, 4.69) is 41.1 Å². The van der Waals surface area contributed by atoms with Crippen LogP contribution >= 0.6 is 7.82 Å². The fourth-order valence-electron chi connectivity index (χ4n) is 5.38. The van der Waals surface area contributed by atoms with E-state index < -0.39 is 104 Å². The molecule has 1 heterocycles. The number of carbonyl (C=O) groups excluding carboxylic acids is 6. The van der Waals surface area contributed by atoms with E-state index in [-0.39, 0.29) is 57.2 Å². The number of nitrogens with two attached hydrogens (primary N) is 5. The summed E-state index contributed by atoms with van der Waals surface area (Å²) in [6.45, 7) is 4.91. The Kier molecular flexibility index (Phi) is 20.9. The Balaban J connectivity index is 3.17. The molecule has 6 amide bonds. The topological polar surface area (TPSA) is 425 Å². The van der Waals surface area contributed by atoms with Crippen LogP contribution in [0.2, 0.25) is 0 Å². The number of aliphatic imine (C=N–C) groups is 2. The zero-order valence-electron chi connectivity index (χ0n) is 32.4. The van der Waals surface area contributed by atoms with Gasteiger partial charge in [-0.05, 0) is 58.3 Å². The van der Waals surface area contributed by atoms with Gasteiger partial charge in [-0.1, -0.05) is 13.8 Å². The van der Waals surface area contributed by atoms with Crippen LogP contribution in [0.3, 0.4) is 0 Å². The van der Waals surface area contributed by atoms with Crippen molar-refractivity contribution in [3.05, 3.63) is 0 Å². The number of carbonyl (C=O) groups is 7. The molecule has 324 valence electrons. The number of hydrogen-bond acceptors (Lipinski definition) is 12. The van der Waals surface area contributed by atoms with Crippen LogP contribution in [0, 0.1) is 5.92 Å². The van der Waals surface area contributed by atoms with Gasteiger partial charge in [0, 0.05) is 19.6 Å². The van der Waals surface area contributed by atoms with Gasteiger partial charge in [0.05, 0.1) is 12.6 Å². The molecule has 0 aromatic rings. The van der Waals surface area contributed by atoms with Gasteiger partial charge < -0.3 is 75.0 Å². The molecule has 25 nitrogen and oxygen atoms in total. The maximum Gasteiger partial charge on any atom is 0.469 e. The Morgan fingerprint density at radius 3 is 1.84 bits per heavy atom. The molecule has 0 spiro atoms. The Morgan fingerprint density at radius 1 is 0.772 bits per heavy atom. The summed E-state index contributed by atoms with van der Waals surface area (Å²) in [6.07, 6.45) is 1.12. The van der Waals surface area contributed by atoms with Crippen molar-refractivity contribution in [2.75, 3.05) is 26.2 Å². The average molecular weight is 836 g/mol. The highest BCUT2D eigenvalue weighted by Crippen LogP contribution is 2.36. The minimum atomic E-state index is -5.19. The van der Waals surface area contributed by atoms with Crippen molar-refractivity contribution in [2.24, 2.45) is 44.6 Å². The highest BCUT2D eigenvalue weighted by atomic mass is 31.2. The first kappa shape index (κ1) is 49.9. The summed E-state index contributed by atoms with van der Waals surface area (Å²) in [5.41, 5.74) is 27.3. The second-order valence-corrected chi connectivity index (χ2v) is 14.9.